The van der Waals surface area contributed by atoms with E-state index in [2.05, 4.69) is 37.1 Å². The van der Waals surface area contributed by atoms with E-state index in [9.17, 15) is 10.2 Å². The van der Waals surface area contributed by atoms with Gasteiger partial charge in [0.15, 0.2) is 22.7 Å². The second kappa shape index (κ2) is 5.26. The number of piperidine rings is 1. The highest BCUT2D eigenvalue weighted by Gasteiger charge is 2.84. The molecule has 6 nitrogen and oxygen atoms in total. The number of phenols is 2. The molecule has 0 saturated carbocycles. The Balaban J connectivity index is 1.74. The van der Waals surface area contributed by atoms with Crippen LogP contribution in [0.15, 0.2) is 36.4 Å². The first-order valence-electron chi connectivity index (χ1n) is 11.2. The summed E-state index contributed by atoms with van der Waals surface area (Å²) >= 11 is 0. The lowest BCUT2D eigenvalue weighted by Gasteiger charge is -2.72. The van der Waals surface area contributed by atoms with Gasteiger partial charge >= 0.3 is 0 Å². The van der Waals surface area contributed by atoms with Crippen molar-refractivity contribution in [2.45, 2.75) is 47.8 Å². The smallest absolute Gasteiger partial charge is 0.166 e. The minimum absolute atomic E-state index is 0.101. The number of hydrogen-bond donors (Lipinski definition) is 2. The Morgan fingerprint density at radius 1 is 1.03 bits per heavy atom. The first-order chi connectivity index (χ1) is 15.3. The Morgan fingerprint density at radius 3 is 2.50 bits per heavy atom. The van der Waals surface area contributed by atoms with Crippen LogP contribution in [0.1, 0.15) is 35.6 Å². The fourth-order valence-electron chi connectivity index (χ4n) is 8.44. The molecule has 2 aliphatic heterocycles. The van der Waals surface area contributed by atoms with Crippen LogP contribution in [-0.4, -0.2) is 54.6 Å². The zero-order chi connectivity index (χ0) is 22.3. The molecule has 2 aromatic carbocycles. The maximum atomic E-state index is 11.3. The van der Waals surface area contributed by atoms with Crippen molar-refractivity contribution in [2.24, 2.45) is 0 Å². The molecular weight excluding hydrogens is 406 g/mol. The largest absolute Gasteiger partial charge is 0.508 e. The zero-order valence-electron chi connectivity index (χ0n) is 18.7. The van der Waals surface area contributed by atoms with Crippen molar-refractivity contribution in [3.05, 3.63) is 58.7 Å². The maximum Gasteiger partial charge on any atom is 0.166 e. The minimum atomic E-state index is -1.06. The number of phenolic OH excluding ortho intramolecular Hbond substituents is 2. The van der Waals surface area contributed by atoms with Crippen molar-refractivity contribution in [3.8, 4) is 23.0 Å². The quantitative estimate of drug-likeness (QED) is 0.560. The highest BCUT2D eigenvalue weighted by molar-refractivity contribution is 5.76. The van der Waals surface area contributed by atoms with E-state index in [1.165, 1.54) is 11.1 Å². The predicted molar refractivity (Wildman–Crippen MR) is 118 cm³/mol. The molecule has 1 fully saturated rings. The lowest BCUT2D eigenvalue weighted by atomic mass is 9.34. The van der Waals surface area contributed by atoms with Crippen molar-refractivity contribution >= 4 is 0 Å². The van der Waals surface area contributed by atoms with E-state index in [0.29, 0.717) is 11.3 Å². The summed E-state index contributed by atoms with van der Waals surface area (Å²) in [4.78, 5) is 2.40. The average Bonchev–Trinajstić information content (AvgIpc) is 3.08. The van der Waals surface area contributed by atoms with E-state index < -0.39 is 22.0 Å². The Labute approximate surface area is 187 Å². The molecule has 2 N–H and O–H groups in total. The molecular formula is C26H27NO5. The SMILES string of the molecule is COc1ccc2c3c1O[C@@]1(C)[C@]34CCN(C)[C@H](C2)[C@@]42C=C[C@]1(OC)c1c(O)ccc(O)c12. The molecule has 5 atom stereocenters. The van der Waals surface area contributed by atoms with Gasteiger partial charge in [0, 0.05) is 35.3 Å². The molecule has 8 rings (SSSR count). The van der Waals surface area contributed by atoms with E-state index in [4.69, 9.17) is 14.2 Å². The van der Waals surface area contributed by atoms with Gasteiger partial charge in [0.1, 0.15) is 11.5 Å². The lowest BCUT2D eigenvalue weighted by molar-refractivity contribution is -0.202. The molecule has 32 heavy (non-hydrogen) atoms. The zero-order valence-corrected chi connectivity index (χ0v) is 18.7. The third-order valence-corrected chi connectivity index (χ3v) is 9.55. The number of methoxy groups -OCH3 is 2. The summed E-state index contributed by atoms with van der Waals surface area (Å²) in [6.45, 7) is 3.03. The number of benzene rings is 2. The molecule has 166 valence electrons. The summed E-state index contributed by atoms with van der Waals surface area (Å²) in [6.07, 6.45) is 5.99. The Kier molecular flexibility index (Phi) is 3.10. The van der Waals surface area contributed by atoms with Crippen molar-refractivity contribution in [2.75, 3.05) is 27.8 Å². The van der Waals surface area contributed by atoms with Crippen LogP contribution in [0.4, 0.5) is 0 Å². The van der Waals surface area contributed by atoms with Gasteiger partial charge in [-0.15, -0.1) is 0 Å². The summed E-state index contributed by atoms with van der Waals surface area (Å²) in [6, 6.07) is 7.44. The van der Waals surface area contributed by atoms with E-state index >= 15 is 0 Å². The summed E-state index contributed by atoms with van der Waals surface area (Å²) in [5.41, 5.74) is 0.898. The van der Waals surface area contributed by atoms with Gasteiger partial charge in [0.2, 0.25) is 0 Å². The van der Waals surface area contributed by atoms with Crippen molar-refractivity contribution in [3.63, 3.8) is 0 Å². The average molecular weight is 434 g/mol. The van der Waals surface area contributed by atoms with Crippen LogP contribution in [0.25, 0.3) is 0 Å². The first-order valence-corrected chi connectivity index (χ1v) is 11.2. The number of likely N-dealkylation sites (tertiary alicyclic amines) is 1. The molecule has 1 saturated heterocycles. The second-order valence-corrected chi connectivity index (χ2v) is 10.1. The number of rotatable bonds is 2. The molecule has 0 amide bonds. The van der Waals surface area contributed by atoms with E-state index in [-0.39, 0.29) is 17.5 Å². The molecule has 2 heterocycles. The molecule has 0 unspecified atom stereocenters. The molecule has 4 bridgehead atoms. The predicted octanol–water partition coefficient (Wildman–Crippen LogP) is 3.12. The standard InChI is InChI=1S/C26H27NO5/c1-23-25-11-12-27(2)18(13-14-5-8-17(30-3)22(32-23)19(14)25)24(25)9-10-26(23,31-4)21-16(29)7-6-15(28)20(21)24/h5-10,18,28-29H,11-13H2,1-4H3/t18-,23+,24-,25+,26+/m1/s1. The topological polar surface area (TPSA) is 71.4 Å². The molecule has 6 heteroatoms. The molecule has 4 aliphatic carbocycles. The third-order valence-electron chi connectivity index (χ3n) is 9.55. The van der Waals surface area contributed by atoms with Gasteiger partial charge in [-0.25, -0.2) is 0 Å². The number of aromatic hydroxyl groups is 2. The Morgan fingerprint density at radius 2 is 1.78 bits per heavy atom. The van der Waals surface area contributed by atoms with Gasteiger partial charge in [0.25, 0.3) is 0 Å². The highest BCUT2D eigenvalue weighted by Crippen LogP contribution is 2.79. The first kappa shape index (κ1) is 18.8. The second-order valence-electron chi connectivity index (χ2n) is 10.1. The van der Waals surface area contributed by atoms with E-state index in [0.717, 1.165) is 30.7 Å². The van der Waals surface area contributed by atoms with Gasteiger partial charge in [-0.05, 0) is 63.2 Å². The van der Waals surface area contributed by atoms with Gasteiger partial charge in [-0.2, -0.15) is 0 Å². The minimum Gasteiger partial charge on any atom is -0.508 e. The molecule has 2 spiro atoms. The van der Waals surface area contributed by atoms with Crippen molar-refractivity contribution in [1.82, 2.24) is 4.90 Å². The van der Waals surface area contributed by atoms with Crippen LogP contribution in [0.3, 0.4) is 0 Å². The summed E-state index contributed by atoms with van der Waals surface area (Å²) in [5.74, 6) is 1.81. The van der Waals surface area contributed by atoms with E-state index in [1.807, 2.05) is 6.07 Å². The van der Waals surface area contributed by atoms with Crippen LogP contribution in [-0.2, 0) is 27.6 Å². The summed E-state index contributed by atoms with van der Waals surface area (Å²) in [5, 5.41) is 22.5. The van der Waals surface area contributed by atoms with Crippen molar-refractivity contribution in [1.29, 1.82) is 0 Å². The molecule has 2 aromatic rings. The normalized spacial score (nSPS) is 39.4. The summed E-state index contributed by atoms with van der Waals surface area (Å²) in [7, 11) is 5.50. The van der Waals surface area contributed by atoms with Crippen LogP contribution in [0, 0.1) is 0 Å². The number of ether oxygens (including phenoxy) is 3. The van der Waals surface area contributed by atoms with Crippen molar-refractivity contribution < 1.29 is 24.4 Å². The monoisotopic (exact) mass is 433 g/mol. The summed E-state index contributed by atoms with van der Waals surface area (Å²) < 4.78 is 19.1. The van der Waals surface area contributed by atoms with Crippen LogP contribution in [0.2, 0.25) is 0 Å². The van der Waals surface area contributed by atoms with Gasteiger partial charge in [-0.3, -0.25) is 0 Å². The molecule has 0 aromatic heterocycles. The van der Waals surface area contributed by atoms with Crippen LogP contribution in [0.5, 0.6) is 23.0 Å². The van der Waals surface area contributed by atoms with Crippen LogP contribution >= 0.6 is 0 Å². The lowest BCUT2D eigenvalue weighted by Crippen LogP contribution is -2.82. The fourth-order valence-corrected chi connectivity index (χ4v) is 8.44. The fraction of sp³-hybridized carbons (Fsp3) is 0.462. The third kappa shape index (κ3) is 1.47. The number of nitrogens with zero attached hydrogens (tertiary/aromatic N) is 1. The molecule has 0 radical (unpaired) electrons. The number of hydrogen-bond acceptors (Lipinski definition) is 6. The van der Waals surface area contributed by atoms with E-state index in [1.54, 1.807) is 26.4 Å². The van der Waals surface area contributed by atoms with Gasteiger partial charge in [-0.1, -0.05) is 12.1 Å². The van der Waals surface area contributed by atoms with Crippen LogP contribution < -0.4 is 9.47 Å². The number of likely N-dealkylation sites (N-methyl/N-ethyl adjacent to an activating group) is 1. The Hall–Kier alpha value is -2.70. The van der Waals surface area contributed by atoms with Gasteiger partial charge in [0.05, 0.1) is 12.5 Å². The van der Waals surface area contributed by atoms with Gasteiger partial charge < -0.3 is 29.3 Å². The molecule has 6 aliphatic rings. The Bertz CT molecular complexity index is 1260. The maximum absolute atomic E-state index is 11.3. The highest BCUT2D eigenvalue weighted by atomic mass is 16.6.